The first-order valence-electron chi connectivity index (χ1n) is 10.5. The fraction of sp³-hybridized carbons (Fsp3) is 0.208. The Kier molecular flexibility index (Phi) is 3.95. The van der Waals surface area contributed by atoms with Gasteiger partial charge in [0.25, 0.3) is 11.8 Å². The molecule has 2 amide bonds. The van der Waals surface area contributed by atoms with E-state index in [1.165, 1.54) is 21.1 Å². The van der Waals surface area contributed by atoms with Gasteiger partial charge in [0.1, 0.15) is 10.6 Å². The van der Waals surface area contributed by atoms with Gasteiger partial charge >= 0.3 is 0 Å². The summed E-state index contributed by atoms with van der Waals surface area (Å²) >= 11 is 1.23. The highest BCUT2D eigenvalue weighted by Crippen LogP contribution is 2.54. The number of benzene rings is 2. The average molecular weight is 458 g/mol. The van der Waals surface area contributed by atoms with Crippen molar-refractivity contribution in [3.8, 4) is 0 Å². The Bertz CT molecular complexity index is 1560. The van der Waals surface area contributed by atoms with Crippen LogP contribution in [0.4, 0.5) is 10.8 Å². The Morgan fingerprint density at radius 1 is 1.00 bits per heavy atom. The van der Waals surface area contributed by atoms with Crippen molar-refractivity contribution in [1.82, 2.24) is 10.2 Å². The lowest BCUT2D eigenvalue weighted by Crippen LogP contribution is -2.53. The fourth-order valence-corrected chi connectivity index (χ4v) is 5.66. The molecule has 164 valence electrons. The molecule has 1 atom stereocenters. The highest BCUT2D eigenvalue weighted by atomic mass is 32.1. The molecular formula is C24H18N4O4S. The second-order valence-electron chi connectivity index (χ2n) is 8.44. The first kappa shape index (κ1) is 19.8. The van der Waals surface area contributed by atoms with Gasteiger partial charge in [-0.2, -0.15) is 0 Å². The summed E-state index contributed by atoms with van der Waals surface area (Å²) in [4.78, 5) is 44.5. The summed E-state index contributed by atoms with van der Waals surface area (Å²) in [5.41, 5.74) is -0.651. The topological polar surface area (TPSA) is 96.6 Å². The van der Waals surface area contributed by atoms with Gasteiger partial charge in [0.15, 0.2) is 11.0 Å². The number of hydrogen-bond donors (Lipinski definition) is 0. The molecule has 9 heteroatoms. The number of fused-ring (bicyclic) bond motifs is 5. The molecule has 2 aliphatic heterocycles. The molecule has 0 radical (unpaired) electrons. The zero-order chi connectivity index (χ0) is 23.1. The number of para-hydroxylation sites is 2. The van der Waals surface area contributed by atoms with E-state index < -0.39 is 22.8 Å². The lowest BCUT2D eigenvalue weighted by atomic mass is 9.84. The molecule has 33 heavy (non-hydrogen) atoms. The van der Waals surface area contributed by atoms with Crippen molar-refractivity contribution < 1.29 is 14.0 Å². The SMILES string of the molecule is CC(C)c1nnc(N2C(=O)c3oc4ccccc4c(=O)c3C23C(=O)N(C)c2ccccc23)s1. The number of amides is 2. The van der Waals surface area contributed by atoms with E-state index in [9.17, 15) is 14.4 Å². The minimum absolute atomic E-state index is 0.0225. The second kappa shape index (κ2) is 6.58. The number of rotatable bonds is 2. The number of hydrogen-bond acceptors (Lipinski definition) is 7. The van der Waals surface area contributed by atoms with Crippen molar-refractivity contribution in [3.05, 3.63) is 80.6 Å². The smallest absolute Gasteiger partial charge is 0.297 e. The summed E-state index contributed by atoms with van der Waals surface area (Å²) in [6.07, 6.45) is 0. The van der Waals surface area contributed by atoms with Gasteiger partial charge in [-0.05, 0) is 18.2 Å². The largest absolute Gasteiger partial charge is 0.450 e. The van der Waals surface area contributed by atoms with Gasteiger partial charge in [0, 0.05) is 24.2 Å². The van der Waals surface area contributed by atoms with Crippen molar-refractivity contribution in [2.75, 3.05) is 16.8 Å². The predicted octanol–water partition coefficient (Wildman–Crippen LogP) is 3.65. The lowest BCUT2D eigenvalue weighted by Gasteiger charge is -2.31. The molecular weight excluding hydrogens is 440 g/mol. The number of carbonyl (C=O) groups is 2. The van der Waals surface area contributed by atoms with Crippen LogP contribution in [0.1, 0.15) is 46.5 Å². The van der Waals surface area contributed by atoms with Crippen LogP contribution in [0, 0.1) is 0 Å². The highest BCUT2D eigenvalue weighted by Gasteiger charge is 2.66. The van der Waals surface area contributed by atoms with E-state index in [2.05, 4.69) is 10.2 Å². The molecule has 2 aromatic heterocycles. The molecule has 0 aliphatic carbocycles. The number of nitrogens with zero attached hydrogens (tertiary/aromatic N) is 4. The molecule has 2 aromatic carbocycles. The van der Waals surface area contributed by atoms with Crippen LogP contribution >= 0.6 is 11.3 Å². The molecule has 2 aliphatic rings. The van der Waals surface area contributed by atoms with E-state index in [1.807, 2.05) is 19.9 Å². The number of aromatic nitrogens is 2. The van der Waals surface area contributed by atoms with Crippen LogP contribution in [0.3, 0.4) is 0 Å². The molecule has 1 spiro atoms. The summed E-state index contributed by atoms with van der Waals surface area (Å²) in [5.74, 6) is -1.06. The lowest BCUT2D eigenvalue weighted by molar-refractivity contribution is -0.121. The van der Waals surface area contributed by atoms with Crippen LogP contribution in [0.25, 0.3) is 11.0 Å². The van der Waals surface area contributed by atoms with Gasteiger partial charge in [-0.25, -0.2) is 0 Å². The summed E-state index contributed by atoms with van der Waals surface area (Å²) < 4.78 is 5.98. The van der Waals surface area contributed by atoms with E-state index in [0.29, 0.717) is 22.2 Å². The maximum absolute atomic E-state index is 14.0. The van der Waals surface area contributed by atoms with Crippen LogP contribution < -0.4 is 15.2 Å². The number of anilines is 2. The normalized spacial score (nSPS) is 19.3. The molecule has 0 fully saturated rings. The van der Waals surface area contributed by atoms with Crippen LogP contribution in [-0.2, 0) is 10.3 Å². The van der Waals surface area contributed by atoms with Crippen LogP contribution in [-0.4, -0.2) is 29.1 Å². The van der Waals surface area contributed by atoms with E-state index in [0.717, 1.165) is 5.01 Å². The third-order valence-electron chi connectivity index (χ3n) is 6.28. The van der Waals surface area contributed by atoms with Crippen molar-refractivity contribution in [2.24, 2.45) is 0 Å². The van der Waals surface area contributed by atoms with Crippen LogP contribution in [0.15, 0.2) is 57.7 Å². The van der Waals surface area contributed by atoms with Gasteiger partial charge in [-0.3, -0.25) is 19.3 Å². The maximum Gasteiger partial charge on any atom is 0.297 e. The third kappa shape index (κ3) is 2.32. The molecule has 0 saturated heterocycles. The molecule has 0 N–H and O–H groups in total. The standard InChI is InChI=1S/C24H18N4O4S/c1-12(2)20-25-26-23(33-20)28-21(30)19-17(18(29)13-8-4-7-11-16(13)32-19)24(28)14-9-5-6-10-15(14)27(3)22(24)31/h4-12H,1-3H3. The van der Waals surface area contributed by atoms with Gasteiger partial charge < -0.3 is 9.32 Å². The third-order valence-corrected chi connectivity index (χ3v) is 7.49. The fourth-order valence-electron chi connectivity index (χ4n) is 4.76. The minimum Gasteiger partial charge on any atom is -0.450 e. The first-order valence-corrected chi connectivity index (χ1v) is 11.3. The van der Waals surface area contributed by atoms with Crippen molar-refractivity contribution in [3.63, 3.8) is 0 Å². The summed E-state index contributed by atoms with van der Waals surface area (Å²) in [5, 5.41) is 9.77. The summed E-state index contributed by atoms with van der Waals surface area (Å²) in [7, 11) is 1.64. The molecule has 0 saturated carbocycles. The summed E-state index contributed by atoms with van der Waals surface area (Å²) in [6, 6.07) is 13.9. The maximum atomic E-state index is 14.0. The van der Waals surface area contributed by atoms with Crippen molar-refractivity contribution in [1.29, 1.82) is 0 Å². The van der Waals surface area contributed by atoms with Crippen molar-refractivity contribution in [2.45, 2.75) is 25.3 Å². The van der Waals surface area contributed by atoms with Gasteiger partial charge in [0.05, 0.1) is 10.9 Å². The van der Waals surface area contributed by atoms with E-state index in [4.69, 9.17) is 4.42 Å². The van der Waals surface area contributed by atoms with Crippen LogP contribution in [0.5, 0.6) is 0 Å². The highest BCUT2D eigenvalue weighted by molar-refractivity contribution is 7.15. The Balaban J connectivity index is 1.77. The zero-order valence-electron chi connectivity index (χ0n) is 18.0. The van der Waals surface area contributed by atoms with Gasteiger partial charge in [-0.15, -0.1) is 10.2 Å². The Labute approximate surface area is 192 Å². The zero-order valence-corrected chi connectivity index (χ0v) is 18.8. The molecule has 4 heterocycles. The quantitative estimate of drug-likeness (QED) is 0.455. The average Bonchev–Trinajstić information content (AvgIpc) is 3.46. The van der Waals surface area contributed by atoms with Crippen LogP contribution in [0.2, 0.25) is 0 Å². The van der Waals surface area contributed by atoms with E-state index in [1.54, 1.807) is 49.5 Å². The molecule has 1 unspecified atom stereocenters. The number of carbonyl (C=O) groups excluding carboxylic acids is 2. The Morgan fingerprint density at radius 3 is 2.48 bits per heavy atom. The van der Waals surface area contributed by atoms with Gasteiger partial charge in [0.2, 0.25) is 10.9 Å². The Hall–Kier alpha value is -3.85. The number of likely N-dealkylation sites (N-methyl/N-ethyl adjacent to an activating group) is 1. The van der Waals surface area contributed by atoms with Crippen molar-refractivity contribution >= 4 is 44.9 Å². The van der Waals surface area contributed by atoms with Gasteiger partial charge in [-0.1, -0.05) is 55.5 Å². The molecule has 0 bridgehead atoms. The monoisotopic (exact) mass is 458 g/mol. The molecule has 4 aromatic rings. The molecule has 8 nitrogen and oxygen atoms in total. The summed E-state index contributed by atoms with van der Waals surface area (Å²) in [6.45, 7) is 3.95. The van der Waals surface area contributed by atoms with E-state index in [-0.39, 0.29) is 22.4 Å². The minimum atomic E-state index is -1.71. The van der Waals surface area contributed by atoms with E-state index >= 15 is 0 Å². The first-order chi connectivity index (χ1) is 15.9. The Morgan fingerprint density at radius 2 is 1.73 bits per heavy atom. The predicted molar refractivity (Wildman–Crippen MR) is 124 cm³/mol. The second-order valence-corrected chi connectivity index (χ2v) is 9.43. The molecule has 6 rings (SSSR count).